The third-order valence-electron chi connectivity index (χ3n) is 3.47. The second-order valence-corrected chi connectivity index (χ2v) is 6.77. The number of rotatable bonds is 6. The summed E-state index contributed by atoms with van der Waals surface area (Å²) in [4.78, 5) is 16.8. The summed E-state index contributed by atoms with van der Waals surface area (Å²) in [5.41, 5.74) is -0.645. The Kier molecular flexibility index (Phi) is 6.79. The molecule has 1 aromatic heterocycles. The average molecular weight is 357 g/mol. The van der Waals surface area contributed by atoms with Gasteiger partial charge in [-0.05, 0) is 33.3 Å². The van der Waals surface area contributed by atoms with Crippen molar-refractivity contribution in [2.24, 2.45) is 0 Å². The lowest BCUT2D eigenvalue weighted by Crippen LogP contribution is -2.53. The molecule has 1 heterocycles. The molecule has 6 nitrogen and oxygen atoms in total. The Morgan fingerprint density at radius 3 is 2.67 bits per heavy atom. The third-order valence-corrected chi connectivity index (χ3v) is 3.76. The molecule has 1 aromatic rings. The van der Waals surface area contributed by atoms with E-state index in [1.807, 2.05) is 6.92 Å². The van der Waals surface area contributed by atoms with Crippen molar-refractivity contribution in [3.63, 3.8) is 0 Å². The zero-order valence-corrected chi connectivity index (χ0v) is 15.0. The second-order valence-electron chi connectivity index (χ2n) is 6.42. The molecule has 1 amide bonds. The van der Waals surface area contributed by atoms with Crippen LogP contribution in [0.5, 0.6) is 0 Å². The molecule has 0 aliphatic rings. The van der Waals surface area contributed by atoms with Gasteiger partial charge in [-0.3, -0.25) is 4.90 Å². The molecule has 24 heavy (non-hydrogen) atoms. The highest BCUT2D eigenvalue weighted by Gasteiger charge is 2.32. The van der Waals surface area contributed by atoms with Gasteiger partial charge in [-0.25, -0.2) is 14.2 Å². The lowest BCUT2D eigenvalue weighted by atomic mass is 10.0. The van der Waals surface area contributed by atoms with Gasteiger partial charge in [0.05, 0.1) is 11.6 Å². The van der Waals surface area contributed by atoms with Gasteiger partial charge in [0.2, 0.25) is 0 Å². The average Bonchev–Trinajstić information content (AvgIpc) is 2.45. The summed E-state index contributed by atoms with van der Waals surface area (Å²) in [7, 11) is 0. The Bertz CT molecular complexity index is 640. The van der Waals surface area contributed by atoms with Gasteiger partial charge in [0, 0.05) is 12.1 Å². The van der Waals surface area contributed by atoms with Crippen molar-refractivity contribution in [2.45, 2.75) is 52.1 Å². The number of pyridine rings is 1. The smallest absolute Gasteiger partial charge is 0.408 e. The summed E-state index contributed by atoms with van der Waals surface area (Å²) in [5.74, 6) is -0.803. The first kappa shape index (κ1) is 20.0. The molecule has 2 N–H and O–H groups in total. The summed E-state index contributed by atoms with van der Waals surface area (Å²) in [6, 6.07) is 2.40. The van der Waals surface area contributed by atoms with Crippen LogP contribution in [0.1, 0.15) is 46.1 Å². The fraction of sp³-hybridized carbons (Fsp3) is 0.562. The largest absolute Gasteiger partial charge is 0.465 e. The summed E-state index contributed by atoms with van der Waals surface area (Å²) in [6.07, 6.45) is 0.354. The van der Waals surface area contributed by atoms with Crippen LogP contribution in [-0.2, 0) is 0 Å². The van der Waals surface area contributed by atoms with E-state index >= 15 is 0 Å². The predicted molar refractivity (Wildman–Crippen MR) is 90.7 cm³/mol. The molecule has 0 radical (unpaired) electrons. The number of amides is 1. The molecule has 132 valence electrons. The maximum Gasteiger partial charge on any atom is 0.408 e. The topological polar surface area (TPSA) is 89.3 Å². The van der Waals surface area contributed by atoms with Crippen LogP contribution in [0.25, 0.3) is 0 Å². The van der Waals surface area contributed by atoms with Gasteiger partial charge in [0.25, 0.3) is 0 Å². The van der Waals surface area contributed by atoms with Gasteiger partial charge < -0.3 is 10.4 Å². The molecule has 1 atom stereocenters. The first-order chi connectivity index (χ1) is 11.1. The summed E-state index contributed by atoms with van der Waals surface area (Å²) < 4.78 is 14.0. The van der Waals surface area contributed by atoms with Crippen LogP contribution in [-0.4, -0.2) is 39.2 Å². The maximum absolute atomic E-state index is 14.0. The minimum Gasteiger partial charge on any atom is -0.465 e. The van der Waals surface area contributed by atoms with E-state index in [1.54, 1.807) is 26.8 Å². The highest BCUT2D eigenvalue weighted by atomic mass is 35.5. The van der Waals surface area contributed by atoms with Gasteiger partial charge in [-0.15, -0.1) is 0 Å². The zero-order valence-electron chi connectivity index (χ0n) is 14.2. The van der Waals surface area contributed by atoms with Crippen LogP contribution in [0.2, 0.25) is 5.15 Å². The van der Waals surface area contributed by atoms with Gasteiger partial charge in [0.15, 0.2) is 11.6 Å². The lowest BCUT2D eigenvalue weighted by Gasteiger charge is -2.39. The zero-order chi connectivity index (χ0) is 18.5. The molecular formula is C16H22ClFN4O2. The first-order valence-corrected chi connectivity index (χ1v) is 8.01. The molecule has 0 aliphatic heterocycles. The molecule has 0 aliphatic carbocycles. The summed E-state index contributed by atoms with van der Waals surface area (Å²) in [6.45, 7) is 7.56. The van der Waals surface area contributed by atoms with Crippen molar-refractivity contribution >= 4 is 23.5 Å². The molecule has 0 aromatic carbocycles. The van der Waals surface area contributed by atoms with Crippen molar-refractivity contribution in [3.8, 4) is 6.07 Å². The molecule has 8 heteroatoms. The number of halogens is 2. The quantitative estimate of drug-likeness (QED) is 0.749. The summed E-state index contributed by atoms with van der Waals surface area (Å²) >= 11 is 5.82. The normalized spacial score (nSPS) is 12.4. The van der Waals surface area contributed by atoms with Crippen molar-refractivity contribution in [2.75, 3.05) is 11.9 Å². The molecule has 0 saturated heterocycles. The fourth-order valence-corrected chi connectivity index (χ4v) is 2.71. The number of carbonyl (C=O) groups is 1. The minimum atomic E-state index is -1.03. The number of hydrogen-bond acceptors (Lipinski definition) is 4. The number of nitrogens with zero attached hydrogens (tertiary/aromatic N) is 3. The highest BCUT2D eigenvalue weighted by molar-refractivity contribution is 6.30. The second kappa shape index (κ2) is 8.15. The third kappa shape index (κ3) is 4.96. The van der Waals surface area contributed by atoms with E-state index in [0.29, 0.717) is 6.42 Å². The molecule has 0 spiro atoms. The number of anilines is 1. The standard InChI is InChI=1S/C16H22ClFN4O2/c1-5-6-11(22(15(23)24)16(2,3)4)9-20-14-12(18)7-10(8-19)13(17)21-14/h7,11H,5-6,9H2,1-4H3,(H,20,21)(H,23,24). The minimum absolute atomic E-state index is 0.0494. The Labute approximate surface area is 146 Å². The van der Waals surface area contributed by atoms with E-state index < -0.39 is 17.4 Å². The fourth-order valence-electron chi connectivity index (χ4n) is 2.53. The molecule has 0 bridgehead atoms. The van der Waals surface area contributed by atoms with Gasteiger partial charge in [-0.2, -0.15) is 5.26 Å². The molecule has 1 rings (SSSR count). The predicted octanol–water partition coefficient (Wildman–Crippen LogP) is 4.10. The SMILES string of the molecule is CCCC(CNc1nc(Cl)c(C#N)cc1F)N(C(=O)O)C(C)(C)C. The molecule has 0 fully saturated rings. The van der Waals surface area contributed by atoms with E-state index in [0.717, 1.165) is 12.5 Å². The van der Waals surface area contributed by atoms with E-state index in [2.05, 4.69) is 10.3 Å². The molecule has 1 unspecified atom stereocenters. The maximum atomic E-state index is 14.0. The monoisotopic (exact) mass is 356 g/mol. The number of aromatic nitrogens is 1. The van der Waals surface area contributed by atoms with Crippen LogP contribution in [0, 0.1) is 17.1 Å². The van der Waals surface area contributed by atoms with Gasteiger partial charge >= 0.3 is 6.09 Å². The number of nitrogens with one attached hydrogen (secondary N) is 1. The Hall–Kier alpha value is -2.07. The molecular weight excluding hydrogens is 335 g/mol. The first-order valence-electron chi connectivity index (χ1n) is 7.64. The van der Waals surface area contributed by atoms with Crippen LogP contribution in [0.15, 0.2) is 6.07 Å². The van der Waals surface area contributed by atoms with E-state index in [4.69, 9.17) is 16.9 Å². The Balaban J connectivity index is 3.01. The molecule has 0 saturated carbocycles. The Morgan fingerprint density at radius 1 is 1.58 bits per heavy atom. The van der Waals surface area contributed by atoms with Crippen LogP contribution >= 0.6 is 11.6 Å². The Morgan fingerprint density at radius 2 is 2.21 bits per heavy atom. The van der Waals surface area contributed by atoms with E-state index in [-0.39, 0.29) is 29.1 Å². The van der Waals surface area contributed by atoms with Crippen LogP contribution in [0.4, 0.5) is 15.0 Å². The van der Waals surface area contributed by atoms with E-state index in [1.165, 1.54) is 4.90 Å². The number of hydrogen-bond donors (Lipinski definition) is 2. The van der Waals surface area contributed by atoms with Crippen molar-refractivity contribution in [3.05, 3.63) is 22.6 Å². The van der Waals surface area contributed by atoms with Crippen molar-refractivity contribution in [1.82, 2.24) is 9.88 Å². The van der Waals surface area contributed by atoms with E-state index in [9.17, 15) is 14.3 Å². The van der Waals surface area contributed by atoms with Gasteiger partial charge in [0.1, 0.15) is 11.2 Å². The lowest BCUT2D eigenvalue weighted by molar-refractivity contribution is 0.0707. The van der Waals surface area contributed by atoms with Crippen molar-refractivity contribution < 1.29 is 14.3 Å². The van der Waals surface area contributed by atoms with Crippen LogP contribution < -0.4 is 5.32 Å². The van der Waals surface area contributed by atoms with Crippen LogP contribution in [0.3, 0.4) is 0 Å². The van der Waals surface area contributed by atoms with Crippen molar-refractivity contribution in [1.29, 1.82) is 5.26 Å². The number of carboxylic acid groups (broad SMARTS) is 1. The summed E-state index contributed by atoms with van der Waals surface area (Å²) in [5, 5.41) is 21.0. The highest BCUT2D eigenvalue weighted by Crippen LogP contribution is 2.23. The number of nitriles is 1. The van der Waals surface area contributed by atoms with Gasteiger partial charge in [-0.1, -0.05) is 24.9 Å².